The second-order valence-corrected chi connectivity index (χ2v) is 7.51. The van der Waals surface area contributed by atoms with Gasteiger partial charge < -0.3 is 14.5 Å². The van der Waals surface area contributed by atoms with Crippen molar-refractivity contribution in [1.29, 1.82) is 0 Å². The lowest BCUT2D eigenvalue weighted by Crippen LogP contribution is -2.52. The molecule has 0 N–H and O–H groups in total. The Balaban J connectivity index is 1.23. The Morgan fingerprint density at radius 1 is 1.07 bits per heavy atom. The van der Waals surface area contributed by atoms with Gasteiger partial charge in [0.25, 0.3) is 0 Å². The van der Waals surface area contributed by atoms with Crippen LogP contribution in [-0.4, -0.2) is 87.8 Å². The minimum absolute atomic E-state index is 0.00105. The van der Waals surface area contributed by atoms with Crippen molar-refractivity contribution in [2.24, 2.45) is 0 Å². The molecule has 30 heavy (non-hydrogen) atoms. The number of hydrogen-bond donors (Lipinski definition) is 0. The van der Waals surface area contributed by atoms with Gasteiger partial charge in [-0.05, 0) is 29.0 Å². The molecule has 0 saturated carbocycles. The maximum Gasteiger partial charge on any atom is 0.246 e. The van der Waals surface area contributed by atoms with Gasteiger partial charge in [-0.15, -0.1) is 5.10 Å². The van der Waals surface area contributed by atoms with Gasteiger partial charge in [0.1, 0.15) is 6.54 Å². The zero-order valence-electron chi connectivity index (χ0n) is 17.0. The lowest BCUT2D eigenvalue weighted by Gasteiger charge is -2.34. The zero-order valence-corrected chi connectivity index (χ0v) is 17.0. The first-order valence-corrected chi connectivity index (χ1v) is 10.4. The quantitative estimate of drug-likeness (QED) is 0.638. The Kier molecular flexibility index (Phi) is 6.65. The largest absolute Gasteiger partial charge is 0.379 e. The number of rotatable bonds is 7. The van der Waals surface area contributed by atoms with Gasteiger partial charge in [0.05, 0.1) is 19.8 Å². The number of para-hydroxylation sites is 1. The van der Waals surface area contributed by atoms with Crippen LogP contribution >= 0.6 is 0 Å². The van der Waals surface area contributed by atoms with Gasteiger partial charge in [0.15, 0.2) is 5.82 Å². The number of anilines is 1. The SMILES string of the molecule is O=C(CCCn1nnnc1CN1CCOCC1)N1CCN(c2ccccc2)C(=O)C1. The number of tetrazole rings is 1. The van der Waals surface area contributed by atoms with Crippen molar-refractivity contribution in [2.45, 2.75) is 25.9 Å². The van der Waals surface area contributed by atoms with E-state index in [1.165, 1.54) is 0 Å². The highest BCUT2D eigenvalue weighted by Gasteiger charge is 2.27. The van der Waals surface area contributed by atoms with E-state index in [9.17, 15) is 9.59 Å². The molecule has 0 radical (unpaired) electrons. The van der Waals surface area contributed by atoms with Crippen LogP contribution in [0.3, 0.4) is 0 Å². The highest BCUT2D eigenvalue weighted by Crippen LogP contribution is 2.17. The van der Waals surface area contributed by atoms with Gasteiger partial charge in [-0.3, -0.25) is 14.5 Å². The Labute approximate surface area is 175 Å². The van der Waals surface area contributed by atoms with E-state index in [2.05, 4.69) is 20.4 Å². The number of morpholine rings is 1. The highest BCUT2D eigenvalue weighted by molar-refractivity contribution is 5.97. The summed E-state index contributed by atoms with van der Waals surface area (Å²) in [4.78, 5) is 30.7. The second-order valence-electron chi connectivity index (χ2n) is 7.51. The Morgan fingerprint density at radius 2 is 1.87 bits per heavy atom. The molecule has 0 aliphatic carbocycles. The van der Waals surface area contributed by atoms with Crippen molar-refractivity contribution in [3.05, 3.63) is 36.2 Å². The molecule has 160 valence electrons. The molecular weight excluding hydrogens is 386 g/mol. The lowest BCUT2D eigenvalue weighted by molar-refractivity contribution is -0.137. The topological polar surface area (TPSA) is 96.7 Å². The van der Waals surface area contributed by atoms with Crippen LogP contribution in [0.2, 0.25) is 0 Å². The van der Waals surface area contributed by atoms with Crippen LogP contribution in [0.25, 0.3) is 0 Å². The maximum absolute atomic E-state index is 12.6. The molecule has 2 fully saturated rings. The average Bonchev–Trinajstić information content (AvgIpc) is 3.21. The first-order valence-electron chi connectivity index (χ1n) is 10.4. The van der Waals surface area contributed by atoms with Gasteiger partial charge in [-0.2, -0.15) is 0 Å². The van der Waals surface area contributed by atoms with Gasteiger partial charge >= 0.3 is 0 Å². The predicted octanol–water partition coefficient (Wildman–Crippen LogP) is 0.161. The average molecular weight is 413 g/mol. The monoisotopic (exact) mass is 413 g/mol. The zero-order chi connectivity index (χ0) is 20.8. The van der Waals surface area contributed by atoms with E-state index in [1.54, 1.807) is 14.5 Å². The standard InChI is InChI=1S/C20H27N7O3/c28-19(25-9-10-26(20(29)16-25)17-5-2-1-3-6-17)7-4-8-27-18(21-22-23-27)15-24-11-13-30-14-12-24/h1-3,5-6H,4,7-16H2. The molecule has 0 bridgehead atoms. The van der Waals surface area contributed by atoms with E-state index in [0.717, 1.165) is 37.8 Å². The van der Waals surface area contributed by atoms with Crippen molar-refractivity contribution in [3.8, 4) is 0 Å². The molecule has 10 heteroatoms. The number of aryl methyl sites for hydroxylation is 1. The molecule has 0 spiro atoms. The highest BCUT2D eigenvalue weighted by atomic mass is 16.5. The molecular formula is C20H27N7O3. The van der Waals surface area contributed by atoms with Crippen LogP contribution < -0.4 is 4.90 Å². The normalized spacial score (nSPS) is 18.1. The van der Waals surface area contributed by atoms with Crippen molar-refractivity contribution in [2.75, 3.05) is 50.8 Å². The number of nitrogens with zero attached hydrogens (tertiary/aromatic N) is 7. The number of ether oxygens (including phenoxy) is 1. The van der Waals surface area contributed by atoms with Crippen molar-refractivity contribution in [3.63, 3.8) is 0 Å². The van der Waals surface area contributed by atoms with Crippen molar-refractivity contribution < 1.29 is 14.3 Å². The fraction of sp³-hybridized carbons (Fsp3) is 0.550. The third-order valence-electron chi connectivity index (χ3n) is 5.48. The Morgan fingerprint density at radius 3 is 2.63 bits per heavy atom. The third-order valence-corrected chi connectivity index (χ3v) is 5.48. The molecule has 1 aromatic heterocycles. The summed E-state index contributed by atoms with van der Waals surface area (Å²) in [7, 11) is 0. The number of piperazine rings is 1. The first-order chi connectivity index (χ1) is 14.7. The van der Waals surface area contributed by atoms with Crippen LogP contribution in [0, 0.1) is 0 Å². The summed E-state index contributed by atoms with van der Waals surface area (Å²) >= 11 is 0. The molecule has 0 atom stereocenters. The third kappa shape index (κ3) is 5.00. The molecule has 2 amide bonds. The van der Waals surface area contributed by atoms with E-state index in [0.29, 0.717) is 39.0 Å². The molecule has 2 aliphatic heterocycles. The van der Waals surface area contributed by atoms with E-state index < -0.39 is 0 Å². The fourth-order valence-corrected chi connectivity index (χ4v) is 3.77. The van der Waals surface area contributed by atoms with Gasteiger partial charge in [0, 0.05) is 44.8 Å². The predicted molar refractivity (Wildman–Crippen MR) is 109 cm³/mol. The number of hydrogen-bond acceptors (Lipinski definition) is 7. The van der Waals surface area contributed by atoms with Crippen LogP contribution in [-0.2, 0) is 27.4 Å². The molecule has 1 aromatic carbocycles. The summed E-state index contributed by atoms with van der Waals surface area (Å²) in [6, 6.07) is 9.57. The van der Waals surface area contributed by atoms with E-state index in [-0.39, 0.29) is 18.4 Å². The van der Waals surface area contributed by atoms with Crippen LogP contribution in [0.5, 0.6) is 0 Å². The molecule has 4 rings (SSSR count). The molecule has 10 nitrogen and oxygen atoms in total. The Bertz CT molecular complexity index is 851. The number of benzene rings is 1. The minimum atomic E-state index is -0.0472. The summed E-state index contributed by atoms with van der Waals surface area (Å²) < 4.78 is 7.13. The van der Waals surface area contributed by atoms with Gasteiger partial charge in [-0.1, -0.05) is 18.2 Å². The summed E-state index contributed by atoms with van der Waals surface area (Å²) in [5.74, 6) is 0.754. The molecule has 2 saturated heterocycles. The maximum atomic E-state index is 12.6. The summed E-state index contributed by atoms with van der Waals surface area (Å²) in [6.07, 6.45) is 1.00. The van der Waals surface area contributed by atoms with E-state index in [4.69, 9.17) is 4.74 Å². The summed E-state index contributed by atoms with van der Waals surface area (Å²) in [6.45, 7) is 5.65. The van der Waals surface area contributed by atoms with Gasteiger partial charge in [-0.25, -0.2) is 4.68 Å². The molecule has 2 aromatic rings. The lowest BCUT2D eigenvalue weighted by atomic mass is 10.2. The number of carbonyl (C=O) groups excluding carboxylic acids is 2. The molecule has 0 unspecified atom stereocenters. The van der Waals surface area contributed by atoms with E-state index in [1.807, 2.05) is 30.3 Å². The fourth-order valence-electron chi connectivity index (χ4n) is 3.77. The van der Waals surface area contributed by atoms with Crippen LogP contribution in [0.15, 0.2) is 30.3 Å². The molecule has 2 aliphatic rings. The first kappa shape index (κ1) is 20.4. The number of amides is 2. The number of aromatic nitrogens is 4. The van der Waals surface area contributed by atoms with Gasteiger partial charge in [0.2, 0.25) is 11.8 Å². The smallest absolute Gasteiger partial charge is 0.246 e. The Hall–Kier alpha value is -2.85. The molecule has 3 heterocycles. The minimum Gasteiger partial charge on any atom is -0.379 e. The summed E-state index contributed by atoms with van der Waals surface area (Å²) in [5, 5.41) is 12.0. The van der Waals surface area contributed by atoms with Crippen molar-refractivity contribution in [1.82, 2.24) is 30.0 Å². The number of carbonyl (C=O) groups is 2. The van der Waals surface area contributed by atoms with Crippen molar-refractivity contribution >= 4 is 17.5 Å². The summed E-state index contributed by atoms with van der Waals surface area (Å²) in [5.41, 5.74) is 0.876. The van der Waals surface area contributed by atoms with Crippen LogP contribution in [0.1, 0.15) is 18.7 Å². The van der Waals surface area contributed by atoms with Crippen LogP contribution in [0.4, 0.5) is 5.69 Å². The second kappa shape index (κ2) is 9.77. The van der Waals surface area contributed by atoms with E-state index >= 15 is 0 Å².